The van der Waals surface area contributed by atoms with Gasteiger partial charge < -0.3 is 11.1 Å². The summed E-state index contributed by atoms with van der Waals surface area (Å²) in [5.41, 5.74) is 10.4. The minimum atomic E-state index is 0.239. The molecule has 0 saturated heterocycles. The first-order chi connectivity index (χ1) is 9.61. The summed E-state index contributed by atoms with van der Waals surface area (Å²) < 4.78 is 1.14. The van der Waals surface area contributed by atoms with E-state index in [9.17, 15) is 0 Å². The molecule has 1 atom stereocenters. The van der Waals surface area contributed by atoms with Crippen molar-refractivity contribution in [3.63, 3.8) is 0 Å². The van der Waals surface area contributed by atoms with Gasteiger partial charge in [0.15, 0.2) is 0 Å². The number of nitrogens with zero attached hydrogens (tertiary/aromatic N) is 1. The maximum atomic E-state index is 6.02. The Morgan fingerprint density at radius 2 is 2.15 bits per heavy atom. The van der Waals surface area contributed by atoms with E-state index in [2.05, 4.69) is 58.3 Å². The third-order valence-electron chi connectivity index (χ3n) is 3.41. The van der Waals surface area contributed by atoms with Crippen molar-refractivity contribution in [2.24, 2.45) is 0 Å². The molecule has 0 amide bonds. The van der Waals surface area contributed by atoms with Crippen LogP contribution in [-0.4, -0.2) is 11.5 Å². The predicted octanol–water partition coefficient (Wildman–Crippen LogP) is 3.63. The van der Waals surface area contributed by atoms with E-state index in [1.165, 1.54) is 11.1 Å². The topological polar surface area (TPSA) is 50.9 Å². The number of hydrogen-bond donors (Lipinski definition) is 2. The van der Waals surface area contributed by atoms with Crippen LogP contribution in [0.25, 0.3) is 0 Å². The number of nitrogen functional groups attached to an aromatic ring is 1. The van der Waals surface area contributed by atoms with Crippen molar-refractivity contribution in [2.75, 3.05) is 12.3 Å². The molecule has 20 heavy (non-hydrogen) atoms. The molecule has 0 spiro atoms. The second-order valence-corrected chi connectivity index (χ2v) is 5.75. The predicted molar refractivity (Wildman–Crippen MR) is 87.7 cm³/mol. The molecule has 1 unspecified atom stereocenters. The Labute approximate surface area is 128 Å². The average molecular weight is 334 g/mol. The minimum absolute atomic E-state index is 0.239. The van der Waals surface area contributed by atoms with Crippen molar-refractivity contribution in [1.29, 1.82) is 0 Å². The summed E-state index contributed by atoms with van der Waals surface area (Å²) in [4.78, 5) is 4.17. The highest BCUT2D eigenvalue weighted by molar-refractivity contribution is 9.10. The number of halogens is 1. The standard InChI is InChI=1S/C16H20BrN3/c1-3-20-16(9-13-10-19-7-6-15(13)18)12-5-4-11(2)14(17)8-12/h4-8,10,16,20H,3,9H2,1-2H3,(H2,18,19). The zero-order chi connectivity index (χ0) is 14.5. The van der Waals surface area contributed by atoms with Gasteiger partial charge in [-0.15, -0.1) is 0 Å². The van der Waals surface area contributed by atoms with Gasteiger partial charge in [0, 0.05) is 28.6 Å². The van der Waals surface area contributed by atoms with Crippen molar-refractivity contribution in [2.45, 2.75) is 26.3 Å². The lowest BCUT2D eigenvalue weighted by molar-refractivity contribution is 0.549. The van der Waals surface area contributed by atoms with Gasteiger partial charge >= 0.3 is 0 Å². The number of nitrogens with two attached hydrogens (primary N) is 1. The van der Waals surface area contributed by atoms with Crippen molar-refractivity contribution >= 4 is 21.6 Å². The van der Waals surface area contributed by atoms with Crippen LogP contribution in [0.4, 0.5) is 5.69 Å². The van der Waals surface area contributed by atoms with E-state index in [0.717, 1.165) is 28.7 Å². The van der Waals surface area contributed by atoms with Crippen LogP contribution in [0.3, 0.4) is 0 Å². The van der Waals surface area contributed by atoms with Crippen molar-refractivity contribution in [3.05, 3.63) is 57.8 Å². The molecule has 3 nitrogen and oxygen atoms in total. The van der Waals surface area contributed by atoms with Gasteiger partial charge in [-0.25, -0.2) is 0 Å². The van der Waals surface area contributed by atoms with Crippen LogP contribution in [0.2, 0.25) is 0 Å². The smallest absolute Gasteiger partial charge is 0.0378 e. The van der Waals surface area contributed by atoms with Crippen LogP contribution >= 0.6 is 15.9 Å². The second-order valence-electron chi connectivity index (χ2n) is 4.90. The third kappa shape index (κ3) is 3.58. The SMILES string of the molecule is CCNC(Cc1cnccc1N)c1ccc(C)c(Br)c1. The zero-order valence-electron chi connectivity index (χ0n) is 11.9. The highest BCUT2D eigenvalue weighted by Crippen LogP contribution is 2.25. The molecule has 0 aliphatic carbocycles. The molecule has 2 aromatic rings. The van der Waals surface area contributed by atoms with Crippen LogP contribution in [-0.2, 0) is 6.42 Å². The molecule has 2 rings (SSSR count). The molecule has 106 valence electrons. The van der Waals surface area contributed by atoms with E-state index < -0.39 is 0 Å². The molecular formula is C16H20BrN3. The van der Waals surface area contributed by atoms with Crippen molar-refractivity contribution < 1.29 is 0 Å². The average Bonchev–Trinajstić information content (AvgIpc) is 2.44. The Morgan fingerprint density at radius 3 is 2.80 bits per heavy atom. The van der Waals surface area contributed by atoms with E-state index >= 15 is 0 Å². The fourth-order valence-corrected chi connectivity index (χ4v) is 2.61. The molecule has 0 aliphatic heterocycles. The van der Waals surface area contributed by atoms with E-state index in [1.54, 1.807) is 6.20 Å². The fourth-order valence-electron chi connectivity index (χ4n) is 2.21. The van der Waals surface area contributed by atoms with Crippen molar-refractivity contribution in [1.82, 2.24) is 10.3 Å². The molecule has 3 N–H and O–H groups in total. The van der Waals surface area contributed by atoms with Gasteiger partial charge in [-0.05, 0) is 48.7 Å². The van der Waals surface area contributed by atoms with Gasteiger partial charge in [-0.2, -0.15) is 0 Å². The van der Waals surface area contributed by atoms with E-state index in [-0.39, 0.29) is 6.04 Å². The molecule has 1 aromatic carbocycles. The summed E-state index contributed by atoms with van der Waals surface area (Å²) in [6.45, 7) is 5.12. The van der Waals surface area contributed by atoms with E-state index in [0.29, 0.717) is 0 Å². The van der Waals surface area contributed by atoms with Gasteiger partial charge in [0.2, 0.25) is 0 Å². The molecule has 0 radical (unpaired) electrons. The first kappa shape index (κ1) is 15.0. The number of pyridine rings is 1. The molecule has 0 bridgehead atoms. The first-order valence-corrected chi connectivity index (χ1v) is 7.59. The summed E-state index contributed by atoms with van der Waals surface area (Å²) in [5, 5.41) is 3.52. The normalized spacial score (nSPS) is 12.3. The quantitative estimate of drug-likeness (QED) is 0.878. The molecule has 1 aromatic heterocycles. The summed E-state index contributed by atoms with van der Waals surface area (Å²) in [5.74, 6) is 0. The maximum absolute atomic E-state index is 6.02. The summed E-state index contributed by atoms with van der Waals surface area (Å²) >= 11 is 3.60. The van der Waals surface area contributed by atoms with Crippen LogP contribution in [0.5, 0.6) is 0 Å². The van der Waals surface area contributed by atoms with Crippen LogP contribution in [0.1, 0.15) is 29.7 Å². The van der Waals surface area contributed by atoms with Gasteiger partial charge in [-0.3, -0.25) is 4.98 Å². The molecular weight excluding hydrogens is 314 g/mol. The number of benzene rings is 1. The van der Waals surface area contributed by atoms with Gasteiger partial charge in [0.05, 0.1) is 0 Å². The Bertz CT molecular complexity index is 584. The number of aromatic nitrogens is 1. The Kier molecular flexibility index (Phi) is 5.15. The molecule has 0 aliphatic rings. The minimum Gasteiger partial charge on any atom is -0.398 e. The molecule has 4 heteroatoms. The van der Waals surface area contributed by atoms with Crippen LogP contribution in [0, 0.1) is 6.92 Å². The van der Waals surface area contributed by atoms with E-state index in [1.807, 2.05) is 12.3 Å². The number of rotatable bonds is 5. The highest BCUT2D eigenvalue weighted by atomic mass is 79.9. The molecule has 1 heterocycles. The Hall–Kier alpha value is -1.39. The van der Waals surface area contributed by atoms with Gasteiger partial charge in [0.1, 0.15) is 0 Å². The summed E-state index contributed by atoms with van der Waals surface area (Å²) in [6.07, 6.45) is 4.41. The molecule has 0 saturated carbocycles. The number of aryl methyl sites for hydroxylation is 1. The Balaban J connectivity index is 2.27. The largest absolute Gasteiger partial charge is 0.398 e. The van der Waals surface area contributed by atoms with Crippen LogP contribution < -0.4 is 11.1 Å². The second kappa shape index (κ2) is 6.86. The van der Waals surface area contributed by atoms with Gasteiger partial charge in [0.25, 0.3) is 0 Å². The van der Waals surface area contributed by atoms with Gasteiger partial charge in [-0.1, -0.05) is 35.0 Å². The fraction of sp³-hybridized carbons (Fsp3) is 0.312. The first-order valence-electron chi connectivity index (χ1n) is 6.79. The number of likely N-dealkylation sites (N-methyl/N-ethyl adjacent to an activating group) is 1. The molecule has 0 fully saturated rings. The number of hydrogen-bond acceptors (Lipinski definition) is 3. The maximum Gasteiger partial charge on any atom is 0.0378 e. The summed E-state index contributed by atoms with van der Waals surface area (Å²) in [6, 6.07) is 8.57. The number of anilines is 1. The monoisotopic (exact) mass is 333 g/mol. The van der Waals surface area contributed by atoms with E-state index in [4.69, 9.17) is 5.73 Å². The van der Waals surface area contributed by atoms with Crippen molar-refractivity contribution in [3.8, 4) is 0 Å². The zero-order valence-corrected chi connectivity index (χ0v) is 13.4. The summed E-state index contributed by atoms with van der Waals surface area (Å²) in [7, 11) is 0. The lowest BCUT2D eigenvalue weighted by Crippen LogP contribution is -2.23. The Morgan fingerprint density at radius 1 is 1.35 bits per heavy atom. The third-order valence-corrected chi connectivity index (χ3v) is 4.27. The lowest BCUT2D eigenvalue weighted by atomic mass is 9.98. The highest BCUT2D eigenvalue weighted by Gasteiger charge is 2.13. The number of nitrogens with one attached hydrogen (secondary N) is 1. The lowest BCUT2D eigenvalue weighted by Gasteiger charge is -2.20. The van der Waals surface area contributed by atoms with Crippen LogP contribution in [0.15, 0.2) is 41.1 Å².